The standard InChI is InChI=1S/C13H11/c1-2-6-12-10(4-1)8-9-11-5-3-7-13(11)12/h1-7H,8-9H2. The number of aryl methyl sites for hydroxylation is 1. The highest BCUT2D eigenvalue weighted by Gasteiger charge is 2.18. The Morgan fingerprint density at radius 1 is 1.00 bits per heavy atom. The summed E-state index contributed by atoms with van der Waals surface area (Å²) in [5.41, 5.74) is 5.90. The molecule has 2 aliphatic rings. The fourth-order valence-corrected chi connectivity index (χ4v) is 2.21. The summed E-state index contributed by atoms with van der Waals surface area (Å²) in [4.78, 5) is 0. The number of allylic oxidation sites excluding steroid dienone is 4. The average molecular weight is 167 g/mol. The van der Waals surface area contributed by atoms with Crippen molar-refractivity contribution in [3.8, 4) is 0 Å². The van der Waals surface area contributed by atoms with Gasteiger partial charge in [0.25, 0.3) is 0 Å². The molecule has 1 aromatic rings. The van der Waals surface area contributed by atoms with Gasteiger partial charge in [0, 0.05) is 6.42 Å². The van der Waals surface area contributed by atoms with Crippen LogP contribution in [-0.2, 0) is 6.42 Å². The average Bonchev–Trinajstić information content (AvgIpc) is 2.65. The summed E-state index contributed by atoms with van der Waals surface area (Å²) in [5, 5.41) is 0. The maximum atomic E-state index is 2.24. The first-order valence-corrected chi connectivity index (χ1v) is 4.78. The minimum Gasteiger partial charge on any atom is -0.0758 e. The van der Waals surface area contributed by atoms with Crippen molar-refractivity contribution in [2.45, 2.75) is 12.8 Å². The van der Waals surface area contributed by atoms with Crippen molar-refractivity contribution in [3.63, 3.8) is 0 Å². The summed E-state index contributed by atoms with van der Waals surface area (Å²) < 4.78 is 0. The normalized spacial score (nSPS) is 18.8. The molecule has 0 N–H and O–H groups in total. The van der Waals surface area contributed by atoms with Crippen LogP contribution in [0.2, 0.25) is 0 Å². The molecule has 1 aromatic carbocycles. The lowest BCUT2D eigenvalue weighted by atomic mass is 9.87. The van der Waals surface area contributed by atoms with Gasteiger partial charge in [-0.15, -0.1) is 0 Å². The molecule has 0 bridgehead atoms. The van der Waals surface area contributed by atoms with Crippen LogP contribution in [-0.4, -0.2) is 0 Å². The molecular weight excluding hydrogens is 156 g/mol. The van der Waals surface area contributed by atoms with Gasteiger partial charge in [-0.05, 0) is 35.1 Å². The van der Waals surface area contributed by atoms with Gasteiger partial charge < -0.3 is 0 Å². The van der Waals surface area contributed by atoms with Crippen molar-refractivity contribution >= 4 is 5.57 Å². The maximum absolute atomic E-state index is 2.24. The van der Waals surface area contributed by atoms with Crippen molar-refractivity contribution in [3.05, 3.63) is 59.5 Å². The second-order valence-corrected chi connectivity index (χ2v) is 3.62. The van der Waals surface area contributed by atoms with Crippen LogP contribution in [0.25, 0.3) is 5.57 Å². The van der Waals surface area contributed by atoms with Crippen LogP contribution in [0.1, 0.15) is 17.5 Å². The van der Waals surface area contributed by atoms with Gasteiger partial charge in [-0.1, -0.05) is 36.4 Å². The number of rotatable bonds is 0. The molecule has 13 heavy (non-hydrogen) atoms. The summed E-state index contributed by atoms with van der Waals surface area (Å²) in [6, 6.07) is 8.73. The van der Waals surface area contributed by atoms with Gasteiger partial charge in [-0.25, -0.2) is 0 Å². The minimum absolute atomic E-state index is 1.20. The molecule has 63 valence electrons. The van der Waals surface area contributed by atoms with Crippen LogP contribution in [0, 0.1) is 6.42 Å². The molecule has 0 heteroatoms. The molecule has 0 fully saturated rings. The van der Waals surface area contributed by atoms with Gasteiger partial charge in [0.15, 0.2) is 0 Å². The molecule has 0 unspecified atom stereocenters. The Labute approximate surface area is 78.6 Å². The molecule has 0 saturated heterocycles. The van der Waals surface area contributed by atoms with Crippen LogP contribution >= 0.6 is 0 Å². The molecule has 0 nitrogen and oxygen atoms in total. The van der Waals surface area contributed by atoms with Crippen LogP contribution in [0.4, 0.5) is 0 Å². The van der Waals surface area contributed by atoms with Crippen molar-refractivity contribution in [1.29, 1.82) is 0 Å². The van der Waals surface area contributed by atoms with Crippen molar-refractivity contribution in [2.75, 3.05) is 0 Å². The first-order valence-electron chi connectivity index (χ1n) is 4.78. The quantitative estimate of drug-likeness (QED) is 0.556. The molecule has 2 aliphatic carbocycles. The number of hydrogen-bond acceptors (Lipinski definition) is 0. The SMILES string of the molecule is [CH]1C=CC2=C1c1ccccc1CC2. The summed E-state index contributed by atoms with van der Waals surface area (Å²) in [6.45, 7) is 0. The summed E-state index contributed by atoms with van der Waals surface area (Å²) in [5.74, 6) is 0. The van der Waals surface area contributed by atoms with E-state index >= 15 is 0 Å². The molecule has 0 aromatic heterocycles. The van der Waals surface area contributed by atoms with E-state index in [9.17, 15) is 0 Å². The first kappa shape index (κ1) is 7.14. The van der Waals surface area contributed by atoms with Gasteiger partial charge in [0.1, 0.15) is 0 Å². The zero-order chi connectivity index (χ0) is 8.67. The highest BCUT2D eigenvalue weighted by Crippen LogP contribution is 2.36. The van der Waals surface area contributed by atoms with Crippen LogP contribution in [0.15, 0.2) is 42.0 Å². The topological polar surface area (TPSA) is 0 Å². The summed E-state index contributed by atoms with van der Waals surface area (Å²) in [6.07, 6.45) is 9.04. The minimum atomic E-state index is 1.20. The van der Waals surface area contributed by atoms with E-state index < -0.39 is 0 Å². The van der Waals surface area contributed by atoms with Gasteiger partial charge in [0.05, 0.1) is 0 Å². The third kappa shape index (κ3) is 0.983. The lowest BCUT2D eigenvalue weighted by Crippen LogP contribution is -2.01. The molecule has 0 heterocycles. The lowest BCUT2D eigenvalue weighted by Gasteiger charge is -2.17. The highest BCUT2D eigenvalue weighted by atomic mass is 14.2. The predicted octanol–water partition coefficient (Wildman–Crippen LogP) is 3.16. The molecule has 0 atom stereocenters. The number of hydrogen-bond donors (Lipinski definition) is 0. The fourth-order valence-electron chi connectivity index (χ4n) is 2.21. The molecule has 3 rings (SSSR count). The monoisotopic (exact) mass is 167 g/mol. The third-order valence-electron chi connectivity index (χ3n) is 2.88. The highest BCUT2D eigenvalue weighted by molar-refractivity contribution is 5.84. The van der Waals surface area contributed by atoms with Gasteiger partial charge >= 0.3 is 0 Å². The number of fused-ring (bicyclic) bond motifs is 2. The largest absolute Gasteiger partial charge is 0.0758 e. The Morgan fingerprint density at radius 2 is 1.92 bits per heavy atom. The predicted molar refractivity (Wildman–Crippen MR) is 55.1 cm³/mol. The van der Waals surface area contributed by atoms with E-state index in [1.807, 2.05) is 0 Å². The first-order chi connectivity index (χ1) is 6.45. The van der Waals surface area contributed by atoms with Gasteiger partial charge in [-0.3, -0.25) is 0 Å². The Bertz CT molecular complexity index is 408. The van der Waals surface area contributed by atoms with E-state index in [2.05, 4.69) is 42.8 Å². The molecule has 0 saturated carbocycles. The van der Waals surface area contributed by atoms with E-state index in [4.69, 9.17) is 0 Å². The smallest absolute Gasteiger partial charge is 0.0134 e. The molecule has 1 radical (unpaired) electrons. The van der Waals surface area contributed by atoms with E-state index in [0.29, 0.717) is 0 Å². The van der Waals surface area contributed by atoms with E-state index in [-0.39, 0.29) is 0 Å². The van der Waals surface area contributed by atoms with Crippen molar-refractivity contribution in [1.82, 2.24) is 0 Å². The van der Waals surface area contributed by atoms with E-state index in [1.165, 1.54) is 35.1 Å². The summed E-state index contributed by atoms with van der Waals surface area (Å²) in [7, 11) is 0. The van der Waals surface area contributed by atoms with Gasteiger partial charge in [0.2, 0.25) is 0 Å². The van der Waals surface area contributed by atoms with Crippen LogP contribution in [0.3, 0.4) is 0 Å². The molecule has 0 amide bonds. The Morgan fingerprint density at radius 3 is 2.92 bits per heavy atom. The molecule has 0 aliphatic heterocycles. The molecule has 0 spiro atoms. The van der Waals surface area contributed by atoms with E-state index in [1.54, 1.807) is 0 Å². The summed E-state index contributed by atoms with van der Waals surface area (Å²) >= 11 is 0. The van der Waals surface area contributed by atoms with Crippen LogP contribution < -0.4 is 0 Å². The van der Waals surface area contributed by atoms with E-state index in [0.717, 1.165) is 0 Å². The zero-order valence-electron chi connectivity index (χ0n) is 7.46. The fraction of sp³-hybridized carbons (Fsp3) is 0.154. The zero-order valence-corrected chi connectivity index (χ0v) is 7.46. The van der Waals surface area contributed by atoms with Crippen molar-refractivity contribution < 1.29 is 0 Å². The van der Waals surface area contributed by atoms with Crippen LogP contribution in [0.5, 0.6) is 0 Å². The maximum Gasteiger partial charge on any atom is 0.0134 e. The third-order valence-corrected chi connectivity index (χ3v) is 2.88. The Hall–Kier alpha value is -1.30. The number of benzene rings is 1. The lowest BCUT2D eigenvalue weighted by molar-refractivity contribution is 0.946. The Kier molecular flexibility index (Phi) is 1.42. The van der Waals surface area contributed by atoms with Crippen molar-refractivity contribution in [2.24, 2.45) is 0 Å². The van der Waals surface area contributed by atoms with Gasteiger partial charge in [-0.2, -0.15) is 0 Å². The molecular formula is C13H11. The second-order valence-electron chi connectivity index (χ2n) is 3.62. The second kappa shape index (κ2) is 2.59. The Balaban J connectivity index is 2.20.